The van der Waals surface area contributed by atoms with Gasteiger partial charge in [0.15, 0.2) is 5.78 Å². The van der Waals surface area contributed by atoms with Crippen LogP contribution in [0.25, 0.3) is 6.08 Å². The summed E-state index contributed by atoms with van der Waals surface area (Å²) < 4.78 is 5.82. The summed E-state index contributed by atoms with van der Waals surface area (Å²) in [6, 6.07) is 24.0. The second-order valence-electron chi connectivity index (χ2n) is 9.73. The van der Waals surface area contributed by atoms with Gasteiger partial charge in [-0.25, -0.2) is 5.84 Å². The Morgan fingerprint density at radius 1 is 1.08 bits per heavy atom. The van der Waals surface area contributed by atoms with E-state index in [1.165, 1.54) is 0 Å². The highest BCUT2D eigenvalue weighted by Gasteiger charge is 2.51. The van der Waals surface area contributed by atoms with Crippen LogP contribution in [0.5, 0.6) is 11.5 Å². The molecule has 0 radical (unpaired) electrons. The van der Waals surface area contributed by atoms with Gasteiger partial charge < -0.3 is 10.1 Å². The molecule has 3 unspecified atom stereocenters. The maximum atomic E-state index is 13.5. The van der Waals surface area contributed by atoms with Crippen LogP contribution in [0.1, 0.15) is 25.3 Å². The van der Waals surface area contributed by atoms with Crippen molar-refractivity contribution in [3.63, 3.8) is 0 Å². The SMILES string of the molecule is CC1(C(=O)CN(N)C=N)CC(C=Cc2ccccc2)CC1C(=O)Nc1ccc(Oc2ccc(Cl)cc2)cc1. The highest BCUT2D eigenvalue weighted by atomic mass is 35.5. The number of hydrazine groups is 1. The number of hydrogen-bond acceptors (Lipinski definition) is 5. The maximum absolute atomic E-state index is 13.5. The fourth-order valence-corrected chi connectivity index (χ4v) is 4.99. The van der Waals surface area contributed by atoms with Gasteiger partial charge in [-0.15, -0.1) is 0 Å². The predicted molar refractivity (Wildman–Crippen MR) is 151 cm³/mol. The molecule has 0 saturated heterocycles. The van der Waals surface area contributed by atoms with Crippen LogP contribution in [0.2, 0.25) is 5.02 Å². The summed E-state index contributed by atoms with van der Waals surface area (Å²) in [5, 5.41) is 12.0. The van der Waals surface area contributed by atoms with Crippen molar-refractivity contribution in [3.05, 3.63) is 95.5 Å². The molecule has 38 heavy (non-hydrogen) atoms. The number of halogens is 1. The van der Waals surface area contributed by atoms with Gasteiger partial charge >= 0.3 is 0 Å². The molecule has 1 saturated carbocycles. The summed E-state index contributed by atoms with van der Waals surface area (Å²) in [6.07, 6.45) is 6.07. The Hall–Kier alpha value is -3.94. The van der Waals surface area contributed by atoms with Crippen LogP contribution in [-0.4, -0.2) is 29.6 Å². The first-order chi connectivity index (χ1) is 18.3. The quantitative estimate of drug-likeness (QED) is 0.126. The minimum Gasteiger partial charge on any atom is -0.457 e. The van der Waals surface area contributed by atoms with Crippen LogP contribution in [0.15, 0.2) is 84.9 Å². The van der Waals surface area contributed by atoms with Crippen LogP contribution in [0.3, 0.4) is 0 Å². The fraction of sp³-hybridized carbons (Fsp3) is 0.233. The number of nitrogens with two attached hydrogens (primary N) is 1. The average molecular weight is 531 g/mol. The Morgan fingerprint density at radius 3 is 2.34 bits per heavy atom. The second kappa shape index (κ2) is 12.1. The van der Waals surface area contributed by atoms with Gasteiger partial charge in [-0.3, -0.25) is 20.0 Å². The average Bonchev–Trinajstić information content (AvgIpc) is 3.28. The first-order valence-corrected chi connectivity index (χ1v) is 12.8. The number of ether oxygens (including phenoxy) is 1. The monoisotopic (exact) mass is 530 g/mol. The highest BCUT2D eigenvalue weighted by Crippen LogP contribution is 2.48. The van der Waals surface area contributed by atoms with Crippen molar-refractivity contribution in [1.82, 2.24) is 5.01 Å². The zero-order valence-corrected chi connectivity index (χ0v) is 21.9. The lowest BCUT2D eigenvalue weighted by Crippen LogP contribution is -2.45. The van der Waals surface area contributed by atoms with E-state index in [2.05, 4.69) is 11.4 Å². The first-order valence-electron chi connectivity index (χ1n) is 12.4. The summed E-state index contributed by atoms with van der Waals surface area (Å²) in [6.45, 7) is 1.70. The van der Waals surface area contributed by atoms with Crippen LogP contribution in [0, 0.1) is 22.7 Å². The van der Waals surface area contributed by atoms with Crippen molar-refractivity contribution in [2.24, 2.45) is 23.1 Å². The molecule has 8 heteroatoms. The van der Waals surface area contributed by atoms with E-state index in [0.29, 0.717) is 35.1 Å². The number of allylic oxidation sites excluding steroid dienone is 1. The van der Waals surface area contributed by atoms with Crippen LogP contribution in [-0.2, 0) is 9.59 Å². The Morgan fingerprint density at radius 2 is 1.71 bits per heavy atom. The van der Waals surface area contributed by atoms with E-state index in [-0.39, 0.29) is 24.2 Å². The molecule has 4 N–H and O–H groups in total. The van der Waals surface area contributed by atoms with E-state index < -0.39 is 11.3 Å². The smallest absolute Gasteiger partial charge is 0.228 e. The number of Topliss-reactive ketones (excluding diaryl/α,β-unsaturated/α-hetero) is 1. The number of rotatable bonds is 10. The normalized spacial score (nSPS) is 20.7. The van der Waals surface area contributed by atoms with Gasteiger partial charge in [0.2, 0.25) is 5.91 Å². The molecule has 0 heterocycles. The van der Waals surface area contributed by atoms with Crippen molar-refractivity contribution in [3.8, 4) is 11.5 Å². The van der Waals surface area contributed by atoms with Crippen LogP contribution < -0.4 is 15.9 Å². The summed E-state index contributed by atoms with van der Waals surface area (Å²) in [5.41, 5.74) is 0.747. The minimum atomic E-state index is -0.923. The Labute approximate surface area is 227 Å². The number of carbonyl (C=O) groups excluding carboxylic acids is 2. The van der Waals surface area contributed by atoms with Crippen molar-refractivity contribution in [2.45, 2.75) is 19.8 Å². The van der Waals surface area contributed by atoms with Gasteiger partial charge in [0.05, 0.1) is 18.8 Å². The van der Waals surface area contributed by atoms with Crippen molar-refractivity contribution < 1.29 is 14.3 Å². The van der Waals surface area contributed by atoms with E-state index in [1.54, 1.807) is 48.5 Å². The van der Waals surface area contributed by atoms with Gasteiger partial charge in [0.25, 0.3) is 0 Å². The molecule has 3 atom stereocenters. The lowest BCUT2D eigenvalue weighted by molar-refractivity contribution is -0.136. The molecule has 0 aromatic heterocycles. The Kier molecular flexibility index (Phi) is 8.61. The molecule has 1 aliphatic carbocycles. The largest absolute Gasteiger partial charge is 0.457 e. The van der Waals surface area contributed by atoms with Crippen molar-refractivity contribution in [2.75, 3.05) is 11.9 Å². The summed E-state index contributed by atoms with van der Waals surface area (Å²) in [5.74, 6) is 6.11. The fourth-order valence-electron chi connectivity index (χ4n) is 4.86. The number of carbonyl (C=O) groups is 2. The number of nitrogens with one attached hydrogen (secondary N) is 2. The number of ketones is 1. The molecule has 1 fully saturated rings. The first kappa shape index (κ1) is 27.1. The maximum Gasteiger partial charge on any atom is 0.228 e. The van der Waals surface area contributed by atoms with Gasteiger partial charge in [-0.05, 0) is 72.9 Å². The van der Waals surface area contributed by atoms with E-state index in [4.69, 9.17) is 27.6 Å². The Balaban J connectivity index is 1.48. The molecular weight excluding hydrogens is 500 g/mol. The molecule has 0 bridgehead atoms. The predicted octanol–water partition coefficient (Wildman–Crippen LogP) is 6.17. The third-order valence-corrected chi connectivity index (χ3v) is 7.22. The van der Waals surface area contributed by atoms with Crippen LogP contribution in [0.4, 0.5) is 5.69 Å². The molecule has 4 rings (SSSR count). The summed E-state index contributed by atoms with van der Waals surface area (Å²) >= 11 is 5.92. The molecular formula is C30H31ClN4O3. The van der Waals surface area contributed by atoms with E-state index in [1.807, 2.05) is 43.3 Å². The number of nitrogens with zero attached hydrogens (tertiary/aromatic N) is 1. The number of amides is 1. The molecule has 0 aliphatic heterocycles. The van der Waals surface area contributed by atoms with Gasteiger partial charge in [-0.2, -0.15) is 0 Å². The van der Waals surface area contributed by atoms with E-state index in [0.717, 1.165) is 16.9 Å². The lowest BCUT2D eigenvalue weighted by atomic mass is 9.75. The molecule has 1 amide bonds. The third-order valence-electron chi connectivity index (χ3n) is 6.97. The lowest BCUT2D eigenvalue weighted by Gasteiger charge is -2.30. The molecule has 196 valence electrons. The van der Waals surface area contributed by atoms with Gasteiger partial charge in [0, 0.05) is 16.1 Å². The summed E-state index contributed by atoms with van der Waals surface area (Å²) in [4.78, 5) is 26.8. The molecule has 1 aliphatic rings. The van der Waals surface area contributed by atoms with Gasteiger partial charge in [0.1, 0.15) is 11.5 Å². The number of benzene rings is 3. The van der Waals surface area contributed by atoms with Gasteiger partial charge in [-0.1, -0.05) is 61.0 Å². The molecule has 0 spiro atoms. The molecule has 3 aromatic carbocycles. The standard InChI is InChI=1S/C30H31ClN4O3/c1-30(28(36)19-35(33)20-32)18-22(8-7-21-5-3-2-4-6-21)17-27(30)29(37)34-24-11-15-26(16-12-24)38-25-13-9-23(31)10-14-25/h2-16,20,22,27,32H,17-19,33H2,1H3,(H,34,37). The van der Waals surface area contributed by atoms with Crippen molar-refractivity contribution >= 4 is 41.4 Å². The summed E-state index contributed by atoms with van der Waals surface area (Å²) in [7, 11) is 0. The molecule has 7 nitrogen and oxygen atoms in total. The Bertz CT molecular complexity index is 1300. The number of anilines is 1. The minimum absolute atomic E-state index is 0.0428. The zero-order chi connectivity index (χ0) is 27.1. The second-order valence-corrected chi connectivity index (χ2v) is 10.2. The van der Waals surface area contributed by atoms with E-state index >= 15 is 0 Å². The van der Waals surface area contributed by atoms with Crippen molar-refractivity contribution in [1.29, 1.82) is 5.41 Å². The zero-order valence-electron chi connectivity index (χ0n) is 21.1. The third kappa shape index (κ3) is 6.68. The van der Waals surface area contributed by atoms with E-state index in [9.17, 15) is 9.59 Å². The molecule has 3 aromatic rings. The topological polar surface area (TPSA) is 109 Å². The van der Waals surface area contributed by atoms with Crippen LogP contribution >= 0.6 is 11.6 Å². The number of hydrogen-bond donors (Lipinski definition) is 3. The highest BCUT2D eigenvalue weighted by molar-refractivity contribution is 6.30.